The Morgan fingerprint density at radius 2 is 2.00 bits per heavy atom. The number of piperidine rings is 1. The zero-order valence-corrected chi connectivity index (χ0v) is 13.7. The molecular formula is C15H15F3N4OS. The number of carbonyl (C=O) groups excluding carboxylic acids is 1. The Morgan fingerprint density at radius 1 is 1.33 bits per heavy atom. The van der Waals surface area contributed by atoms with E-state index >= 15 is 0 Å². The van der Waals surface area contributed by atoms with Crippen molar-refractivity contribution >= 4 is 18.1 Å². The van der Waals surface area contributed by atoms with E-state index in [-0.39, 0.29) is 11.5 Å². The summed E-state index contributed by atoms with van der Waals surface area (Å²) in [5.74, 6) is -4.16. The Balaban J connectivity index is 1.83. The zero-order valence-electron chi connectivity index (χ0n) is 12.9. The number of H-pyrrole nitrogens is 1. The summed E-state index contributed by atoms with van der Waals surface area (Å²) in [7, 11) is 1.78. The summed E-state index contributed by atoms with van der Waals surface area (Å²) in [6.07, 6.45) is 1.55. The van der Waals surface area contributed by atoms with Gasteiger partial charge in [0.2, 0.25) is 0 Å². The number of halogens is 3. The summed E-state index contributed by atoms with van der Waals surface area (Å²) in [6.45, 7) is 0.817. The van der Waals surface area contributed by atoms with Crippen molar-refractivity contribution in [2.75, 3.05) is 13.1 Å². The summed E-state index contributed by atoms with van der Waals surface area (Å²) in [5, 5.41) is 6.89. The predicted molar refractivity (Wildman–Crippen MR) is 82.6 cm³/mol. The van der Waals surface area contributed by atoms with Gasteiger partial charge >= 0.3 is 0 Å². The third-order valence-electron chi connectivity index (χ3n) is 4.22. The van der Waals surface area contributed by atoms with Crippen molar-refractivity contribution < 1.29 is 18.0 Å². The van der Waals surface area contributed by atoms with Crippen molar-refractivity contribution in [3.05, 3.63) is 45.7 Å². The molecule has 0 aliphatic carbocycles. The number of hydrogen-bond acceptors (Lipinski definition) is 3. The first kappa shape index (κ1) is 16.7. The molecule has 0 bridgehead atoms. The largest absolute Gasteiger partial charge is 0.338 e. The number of aromatic nitrogens is 3. The number of amides is 1. The minimum atomic E-state index is -1.58. The molecule has 0 spiro atoms. The molecular weight excluding hydrogens is 341 g/mol. The molecule has 1 atom stereocenters. The molecule has 0 radical (unpaired) electrons. The van der Waals surface area contributed by atoms with Gasteiger partial charge < -0.3 is 9.47 Å². The minimum Gasteiger partial charge on any atom is -0.338 e. The maximum atomic E-state index is 13.4. The van der Waals surface area contributed by atoms with E-state index in [1.807, 2.05) is 0 Å². The molecule has 1 saturated heterocycles. The first-order chi connectivity index (χ1) is 11.4. The quantitative estimate of drug-likeness (QED) is 0.665. The number of aromatic amines is 1. The summed E-state index contributed by atoms with van der Waals surface area (Å²) in [4.78, 5) is 14.0. The van der Waals surface area contributed by atoms with Crippen LogP contribution in [0.25, 0.3) is 0 Å². The molecule has 5 nitrogen and oxygen atoms in total. The van der Waals surface area contributed by atoms with Crippen LogP contribution in [0.4, 0.5) is 13.2 Å². The summed E-state index contributed by atoms with van der Waals surface area (Å²) >= 11 is 5.09. The summed E-state index contributed by atoms with van der Waals surface area (Å²) in [6, 6.07) is 1.44. The van der Waals surface area contributed by atoms with E-state index in [0.717, 1.165) is 30.8 Å². The molecule has 1 N–H and O–H groups in total. The number of nitrogens with one attached hydrogen (secondary N) is 1. The average molecular weight is 356 g/mol. The third kappa shape index (κ3) is 2.95. The van der Waals surface area contributed by atoms with E-state index in [9.17, 15) is 18.0 Å². The van der Waals surface area contributed by atoms with Crippen LogP contribution in [-0.2, 0) is 7.05 Å². The van der Waals surface area contributed by atoms with Crippen molar-refractivity contribution in [3.63, 3.8) is 0 Å². The number of hydrogen-bond donors (Lipinski definition) is 1. The molecule has 128 valence electrons. The summed E-state index contributed by atoms with van der Waals surface area (Å²) < 4.78 is 42.0. The van der Waals surface area contributed by atoms with Crippen molar-refractivity contribution in [1.82, 2.24) is 19.7 Å². The Labute approximate surface area is 141 Å². The monoisotopic (exact) mass is 356 g/mol. The van der Waals surface area contributed by atoms with E-state index in [1.165, 1.54) is 4.90 Å². The van der Waals surface area contributed by atoms with Gasteiger partial charge in [0.1, 0.15) is 5.82 Å². The molecule has 3 rings (SSSR count). The van der Waals surface area contributed by atoms with Gasteiger partial charge in [-0.25, -0.2) is 13.2 Å². The van der Waals surface area contributed by atoms with Crippen LogP contribution in [0, 0.1) is 22.2 Å². The lowest BCUT2D eigenvalue weighted by Gasteiger charge is -2.32. The number of carbonyl (C=O) groups is 1. The first-order valence-electron chi connectivity index (χ1n) is 7.43. The van der Waals surface area contributed by atoms with Crippen LogP contribution in [0.3, 0.4) is 0 Å². The van der Waals surface area contributed by atoms with Gasteiger partial charge in [0.25, 0.3) is 5.91 Å². The Bertz CT molecular complexity index is 824. The molecule has 0 saturated carbocycles. The lowest BCUT2D eigenvalue weighted by atomic mass is 9.96. The van der Waals surface area contributed by atoms with Crippen LogP contribution in [-0.4, -0.2) is 38.7 Å². The van der Waals surface area contributed by atoms with Crippen molar-refractivity contribution in [3.8, 4) is 0 Å². The van der Waals surface area contributed by atoms with Crippen molar-refractivity contribution in [1.29, 1.82) is 0 Å². The SMILES string of the molecule is Cn1c(C2CCCN(C(=O)c3cc(F)c(F)c(F)c3)C2)n[nH]c1=S. The van der Waals surface area contributed by atoms with Crippen LogP contribution in [0.5, 0.6) is 0 Å². The van der Waals surface area contributed by atoms with Gasteiger partial charge in [-0.05, 0) is 37.2 Å². The van der Waals surface area contributed by atoms with Crippen LogP contribution in [0.1, 0.15) is 34.9 Å². The summed E-state index contributed by atoms with van der Waals surface area (Å²) in [5.41, 5.74) is -0.206. The highest BCUT2D eigenvalue weighted by molar-refractivity contribution is 7.71. The molecule has 1 aromatic carbocycles. The van der Waals surface area contributed by atoms with Gasteiger partial charge in [-0.15, -0.1) is 0 Å². The highest BCUT2D eigenvalue weighted by atomic mass is 32.1. The average Bonchev–Trinajstić information content (AvgIpc) is 2.91. The topological polar surface area (TPSA) is 53.9 Å². The van der Waals surface area contributed by atoms with Gasteiger partial charge in [0.05, 0.1) is 0 Å². The van der Waals surface area contributed by atoms with Crippen molar-refractivity contribution in [2.45, 2.75) is 18.8 Å². The zero-order chi connectivity index (χ0) is 17.4. The third-order valence-corrected chi connectivity index (χ3v) is 4.58. The lowest BCUT2D eigenvalue weighted by Crippen LogP contribution is -2.39. The predicted octanol–water partition coefficient (Wildman–Crippen LogP) is 2.91. The van der Waals surface area contributed by atoms with Crippen LogP contribution in [0.2, 0.25) is 0 Å². The highest BCUT2D eigenvalue weighted by Crippen LogP contribution is 2.26. The number of nitrogens with zero attached hydrogens (tertiary/aromatic N) is 3. The lowest BCUT2D eigenvalue weighted by molar-refractivity contribution is 0.0702. The van der Waals surface area contributed by atoms with Gasteiger partial charge in [0.15, 0.2) is 22.2 Å². The second-order valence-electron chi connectivity index (χ2n) is 5.79. The van der Waals surface area contributed by atoms with E-state index in [0.29, 0.717) is 17.9 Å². The van der Waals surface area contributed by atoms with Gasteiger partial charge in [-0.3, -0.25) is 9.89 Å². The molecule has 1 aliphatic rings. The molecule has 1 aliphatic heterocycles. The fraction of sp³-hybridized carbons (Fsp3) is 0.400. The smallest absolute Gasteiger partial charge is 0.254 e. The molecule has 1 amide bonds. The number of likely N-dealkylation sites (tertiary alicyclic amines) is 1. The molecule has 2 heterocycles. The second-order valence-corrected chi connectivity index (χ2v) is 6.18. The van der Waals surface area contributed by atoms with Crippen LogP contribution in [0.15, 0.2) is 12.1 Å². The van der Waals surface area contributed by atoms with Gasteiger partial charge in [-0.2, -0.15) is 5.10 Å². The molecule has 9 heteroatoms. The fourth-order valence-electron chi connectivity index (χ4n) is 2.96. The minimum absolute atomic E-state index is 0.0317. The molecule has 1 unspecified atom stereocenters. The molecule has 2 aromatic rings. The first-order valence-corrected chi connectivity index (χ1v) is 7.84. The standard InChI is InChI=1S/C15H15F3N4OS/c1-21-13(19-20-15(21)24)8-3-2-4-22(7-8)14(23)9-5-10(16)12(18)11(17)6-9/h5-6,8H,2-4,7H2,1H3,(H,20,24). The number of benzene rings is 1. The Hall–Kier alpha value is -2.16. The van der Waals surface area contributed by atoms with E-state index < -0.39 is 23.4 Å². The normalized spacial score (nSPS) is 18.0. The Morgan fingerprint density at radius 3 is 2.58 bits per heavy atom. The van der Waals surface area contributed by atoms with Gasteiger partial charge in [0, 0.05) is 31.6 Å². The van der Waals surface area contributed by atoms with Gasteiger partial charge in [-0.1, -0.05) is 0 Å². The highest BCUT2D eigenvalue weighted by Gasteiger charge is 2.29. The van der Waals surface area contributed by atoms with E-state index in [2.05, 4.69) is 10.2 Å². The maximum Gasteiger partial charge on any atom is 0.254 e. The van der Waals surface area contributed by atoms with Crippen molar-refractivity contribution in [2.24, 2.45) is 7.05 Å². The second kappa shape index (κ2) is 6.39. The number of rotatable bonds is 2. The molecule has 24 heavy (non-hydrogen) atoms. The maximum absolute atomic E-state index is 13.4. The Kier molecular flexibility index (Phi) is 4.44. The molecule has 1 aromatic heterocycles. The van der Waals surface area contributed by atoms with E-state index in [4.69, 9.17) is 12.2 Å². The molecule has 1 fully saturated rings. The van der Waals surface area contributed by atoms with E-state index in [1.54, 1.807) is 11.6 Å². The van der Waals surface area contributed by atoms with Crippen LogP contribution >= 0.6 is 12.2 Å². The fourth-order valence-corrected chi connectivity index (χ4v) is 3.10. The van der Waals surface area contributed by atoms with Crippen LogP contribution < -0.4 is 0 Å².